The molecule has 1 aromatic rings. The van der Waals surface area contributed by atoms with E-state index < -0.39 is 5.97 Å². The summed E-state index contributed by atoms with van der Waals surface area (Å²) in [5.41, 5.74) is 1.10. The largest absolute Gasteiger partial charge is 0.462 e. The zero-order valence-corrected chi connectivity index (χ0v) is 11.9. The second kappa shape index (κ2) is 8.85. The molecule has 1 rings (SSSR count). The fourth-order valence-electron chi connectivity index (χ4n) is 1.40. The Hall–Kier alpha value is -1.17. The molecule has 6 heteroatoms. The van der Waals surface area contributed by atoms with Gasteiger partial charge in [0.05, 0.1) is 25.4 Å². The van der Waals surface area contributed by atoms with Gasteiger partial charge in [0.2, 0.25) is 0 Å². The van der Waals surface area contributed by atoms with E-state index in [0.29, 0.717) is 44.1 Å². The minimum absolute atomic E-state index is 0.287. The predicted molar refractivity (Wildman–Crippen MR) is 71.6 cm³/mol. The van der Waals surface area contributed by atoms with E-state index in [4.69, 9.17) is 25.8 Å². The molecule has 0 saturated carbocycles. The zero-order valence-electron chi connectivity index (χ0n) is 11.1. The highest BCUT2D eigenvalue weighted by molar-refractivity contribution is 6.29. The van der Waals surface area contributed by atoms with Gasteiger partial charge in [-0.2, -0.15) is 0 Å². The van der Waals surface area contributed by atoms with Gasteiger partial charge in [-0.05, 0) is 19.1 Å². The van der Waals surface area contributed by atoms with Gasteiger partial charge in [-0.15, -0.1) is 0 Å². The molecule has 0 fully saturated rings. The van der Waals surface area contributed by atoms with E-state index in [0.717, 1.165) is 0 Å². The van der Waals surface area contributed by atoms with E-state index in [1.807, 2.05) is 0 Å². The lowest BCUT2D eigenvalue weighted by atomic mass is 10.2. The molecule has 0 saturated heterocycles. The Morgan fingerprint density at radius 3 is 2.74 bits per heavy atom. The minimum atomic E-state index is -0.399. The highest BCUT2D eigenvalue weighted by Crippen LogP contribution is 2.11. The topological polar surface area (TPSA) is 57.7 Å². The molecule has 0 aliphatic rings. The molecule has 0 radical (unpaired) electrons. The van der Waals surface area contributed by atoms with Crippen LogP contribution in [0.25, 0.3) is 0 Å². The quantitative estimate of drug-likeness (QED) is 0.417. The molecule has 0 unspecified atom stereocenters. The maximum Gasteiger partial charge on any atom is 0.338 e. The summed E-state index contributed by atoms with van der Waals surface area (Å²) in [5, 5.41) is 0.287. The van der Waals surface area contributed by atoms with Gasteiger partial charge in [0.1, 0.15) is 5.15 Å². The molecule has 0 aliphatic heterocycles. The van der Waals surface area contributed by atoms with Crippen molar-refractivity contribution in [2.45, 2.75) is 13.3 Å². The van der Waals surface area contributed by atoms with Crippen LogP contribution in [-0.2, 0) is 14.2 Å². The Morgan fingerprint density at radius 1 is 1.26 bits per heavy atom. The molecule has 19 heavy (non-hydrogen) atoms. The lowest BCUT2D eigenvalue weighted by Crippen LogP contribution is -2.10. The number of aromatic nitrogens is 1. The van der Waals surface area contributed by atoms with Crippen LogP contribution in [0.5, 0.6) is 0 Å². The third-order valence-electron chi connectivity index (χ3n) is 2.26. The van der Waals surface area contributed by atoms with Crippen molar-refractivity contribution < 1.29 is 19.0 Å². The molecule has 5 nitrogen and oxygen atoms in total. The third-order valence-corrected chi connectivity index (χ3v) is 2.45. The summed E-state index contributed by atoms with van der Waals surface area (Å²) in [7, 11) is 1.62. The first-order valence-electron chi connectivity index (χ1n) is 6.01. The van der Waals surface area contributed by atoms with Crippen molar-refractivity contribution in [2.75, 3.05) is 33.5 Å². The summed E-state index contributed by atoms with van der Waals surface area (Å²) in [6.07, 6.45) is 0.646. The molecule has 0 spiro atoms. The third kappa shape index (κ3) is 6.52. The first kappa shape index (κ1) is 15.9. The zero-order chi connectivity index (χ0) is 14.1. The fourth-order valence-corrected chi connectivity index (χ4v) is 1.65. The van der Waals surface area contributed by atoms with Crippen molar-refractivity contribution >= 4 is 17.6 Å². The molecule has 0 amide bonds. The molecule has 0 aliphatic carbocycles. The molecule has 0 aromatic carbocycles. The van der Waals surface area contributed by atoms with Crippen LogP contribution in [0.1, 0.15) is 22.5 Å². The van der Waals surface area contributed by atoms with E-state index in [2.05, 4.69) is 4.98 Å². The van der Waals surface area contributed by atoms with Crippen LogP contribution in [0.4, 0.5) is 0 Å². The lowest BCUT2D eigenvalue weighted by molar-refractivity contribution is 0.0385. The van der Waals surface area contributed by atoms with Crippen LogP contribution in [0.2, 0.25) is 5.15 Å². The summed E-state index contributed by atoms with van der Waals surface area (Å²) in [6.45, 7) is 3.72. The Morgan fingerprint density at radius 2 is 2.05 bits per heavy atom. The number of halogens is 1. The number of aryl methyl sites for hydroxylation is 1. The normalized spacial score (nSPS) is 10.5. The van der Waals surface area contributed by atoms with Gasteiger partial charge in [0.25, 0.3) is 0 Å². The number of methoxy groups -OCH3 is 1. The van der Waals surface area contributed by atoms with Gasteiger partial charge in [-0.25, -0.2) is 9.78 Å². The van der Waals surface area contributed by atoms with Crippen LogP contribution >= 0.6 is 11.6 Å². The second-order valence-electron chi connectivity index (χ2n) is 3.91. The molecule has 1 aromatic heterocycles. The van der Waals surface area contributed by atoms with Gasteiger partial charge in [-0.1, -0.05) is 11.6 Å². The molecule has 0 N–H and O–H groups in total. The van der Waals surface area contributed by atoms with Gasteiger partial charge in [0, 0.05) is 25.8 Å². The second-order valence-corrected chi connectivity index (χ2v) is 4.30. The SMILES string of the molecule is COCCOCCCOC(=O)c1cc(C)nc(Cl)c1. The Kier molecular flexibility index (Phi) is 7.40. The molecule has 0 atom stereocenters. The fraction of sp³-hybridized carbons (Fsp3) is 0.538. The summed E-state index contributed by atoms with van der Waals surface area (Å²) in [4.78, 5) is 15.7. The van der Waals surface area contributed by atoms with E-state index in [9.17, 15) is 4.79 Å². The van der Waals surface area contributed by atoms with E-state index in [1.165, 1.54) is 6.07 Å². The van der Waals surface area contributed by atoms with Crippen molar-refractivity contribution in [1.82, 2.24) is 4.98 Å². The number of carbonyl (C=O) groups is 1. The molecular weight excluding hydrogens is 270 g/mol. The van der Waals surface area contributed by atoms with Crippen molar-refractivity contribution in [3.63, 3.8) is 0 Å². The monoisotopic (exact) mass is 287 g/mol. The average molecular weight is 288 g/mol. The smallest absolute Gasteiger partial charge is 0.338 e. The highest BCUT2D eigenvalue weighted by atomic mass is 35.5. The van der Waals surface area contributed by atoms with Crippen LogP contribution in [-0.4, -0.2) is 44.5 Å². The number of hydrogen-bond acceptors (Lipinski definition) is 5. The van der Waals surface area contributed by atoms with E-state index in [-0.39, 0.29) is 5.15 Å². The van der Waals surface area contributed by atoms with Crippen molar-refractivity contribution in [3.05, 3.63) is 28.5 Å². The van der Waals surface area contributed by atoms with Gasteiger partial charge < -0.3 is 14.2 Å². The lowest BCUT2D eigenvalue weighted by Gasteiger charge is -2.06. The van der Waals surface area contributed by atoms with Crippen LogP contribution in [0.3, 0.4) is 0 Å². The van der Waals surface area contributed by atoms with Crippen molar-refractivity contribution in [3.8, 4) is 0 Å². The summed E-state index contributed by atoms with van der Waals surface area (Å²) >= 11 is 5.78. The van der Waals surface area contributed by atoms with Crippen molar-refractivity contribution in [2.24, 2.45) is 0 Å². The molecule has 106 valence electrons. The van der Waals surface area contributed by atoms with E-state index in [1.54, 1.807) is 20.1 Å². The maximum absolute atomic E-state index is 11.7. The van der Waals surface area contributed by atoms with Crippen LogP contribution in [0.15, 0.2) is 12.1 Å². The highest BCUT2D eigenvalue weighted by Gasteiger charge is 2.09. The first-order valence-corrected chi connectivity index (χ1v) is 6.39. The van der Waals surface area contributed by atoms with Gasteiger partial charge >= 0.3 is 5.97 Å². The average Bonchev–Trinajstić information content (AvgIpc) is 2.36. The predicted octanol–water partition coefficient (Wildman–Crippen LogP) is 2.25. The van der Waals surface area contributed by atoms with Gasteiger partial charge in [0.15, 0.2) is 0 Å². The number of pyridine rings is 1. The Balaban J connectivity index is 2.24. The van der Waals surface area contributed by atoms with Gasteiger partial charge in [-0.3, -0.25) is 0 Å². The summed E-state index contributed by atoms with van der Waals surface area (Å²) < 4.78 is 15.2. The van der Waals surface area contributed by atoms with Crippen molar-refractivity contribution in [1.29, 1.82) is 0 Å². The number of rotatable bonds is 8. The van der Waals surface area contributed by atoms with Crippen LogP contribution < -0.4 is 0 Å². The molecule has 1 heterocycles. The number of carbonyl (C=O) groups excluding carboxylic acids is 1. The molecular formula is C13H18ClNO4. The molecule has 0 bridgehead atoms. The Labute approximate surface area is 117 Å². The number of nitrogens with zero attached hydrogens (tertiary/aromatic N) is 1. The standard InChI is InChI=1S/C13H18ClNO4/c1-10-8-11(9-12(14)15-10)13(16)19-5-3-4-18-7-6-17-2/h8-9H,3-7H2,1-2H3. The summed E-state index contributed by atoms with van der Waals surface area (Å²) in [5.74, 6) is -0.399. The van der Waals surface area contributed by atoms with E-state index >= 15 is 0 Å². The van der Waals surface area contributed by atoms with Crippen LogP contribution in [0, 0.1) is 6.92 Å². The minimum Gasteiger partial charge on any atom is -0.462 e. The first-order chi connectivity index (χ1) is 9.13. The number of esters is 1. The maximum atomic E-state index is 11.7. The Bertz CT molecular complexity index is 391. The number of hydrogen-bond donors (Lipinski definition) is 0. The number of ether oxygens (including phenoxy) is 3. The summed E-state index contributed by atoms with van der Waals surface area (Å²) in [6, 6.07) is 3.13.